The number of hydrogen-bond donors (Lipinski definition) is 1. The van der Waals surface area contributed by atoms with Crippen LogP contribution in [0.1, 0.15) is 48.6 Å². The fourth-order valence-corrected chi connectivity index (χ4v) is 3.86. The molecule has 1 saturated carbocycles. The molecule has 176 valence electrons. The number of carbonyl (C=O) groups is 1. The van der Waals surface area contributed by atoms with Gasteiger partial charge in [-0.05, 0) is 73.9 Å². The molecule has 1 aliphatic rings. The number of nitrogens with one attached hydrogen (secondary N) is 1. The van der Waals surface area contributed by atoms with Crippen LogP contribution in [-0.2, 0) is 11.0 Å². The van der Waals surface area contributed by atoms with E-state index in [1.807, 2.05) is 37.3 Å². The summed E-state index contributed by atoms with van der Waals surface area (Å²) in [5.41, 5.74) is 2.51. The van der Waals surface area contributed by atoms with Crippen molar-refractivity contribution in [1.29, 1.82) is 0 Å². The predicted molar refractivity (Wildman–Crippen MR) is 127 cm³/mol. The predicted octanol–water partition coefficient (Wildman–Crippen LogP) is 6.48. The van der Waals surface area contributed by atoms with Gasteiger partial charge in [0, 0.05) is 28.9 Å². The molecule has 1 fully saturated rings. The molecule has 0 spiro atoms. The number of hydrogen-bond acceptors (Lipinski definition) is 3. The molecule has 2 aromatic carbocycles. The lowest BCUT2D eigenvalue weighted by molar-refractivity contribution is -0.141. The number of anilines is 1. The monoisotopic (exact) mass is 486 g/mol. The maximum atomic E-state index is 13.2. The molecule has 0 bridgehead atoms. The van der Waals surface area contributed by atoms with Crippen molar-refractivity contribution in [1.82, 2.24) is 14.8 Å². The molecule has 4 aromatic rings. The number of rotatable bonds is 5. The average molecular weight is 487 g/mol. The van der Waals surface area contributed by atoms with Crippen LogP contribution >= 0.6 is 12.4 Å². The van der Waals surface area contributed by atoms with Gasteiger partial charge in [0.15, 0.2) is 5.69 Å². The largest absolute Gasteiger partial charge is 0.435 e. The molecule has 1 N–H and O–H groups in total. The van der Waals surface area contributed by atoms with Gasteiger partial charge in [0.2, 0.25) is 5.91 Å². The second-order valence-electron chi connectivity index (χ2n) is 8.35. The SMILES string of the molecule is CC(C(=O)Nc1ccc(-n2nc(C(F)(F)F)cc2C2CC2)cc1)c1ccc2ncccc2c1.Cl. The lowest BCUT2D eigenvalue weighted by atomic mass is 9.98. The minimum absolute atomic E-state index is 0. The van der Waals surface area contributed by atoms with Gasteiger partial charge in [-0.1, -0.05) is 12.1 Å². The van der Waals surface area contributed by atoms with E-state index >= 15 is 0 Å². The Labute approximate surface area is 200 Å². The zero-order chi connectivity index (χ0) is 23.2. The minimum Gasteiger partial charge on any atom is -0.326 e. The van der Waals surface area contributed by atoms with Crippen LogP contribution in [-0.4, -0.2) is 20.7 Å². The first kappa shape index (κ1) is 23.8. The topological polar surface area (TPSA) is 59.8 Å². The summed E-state index contributed by atoms with van der Waals surface area (Å²) >= 11 is 0. The summed E-state index contributed by atoms with van der Waals surface area (Å²) in [5.74, 6) is -0.467. The second kappa shape index (κ2) is 9.10. The van der Waals surface area contributed by atoms with Crippen LogP contribution in [0.5, 0.6) is 0 Å². The Morgan fingerprint density at radius 3 is 2.50 bits per heavy atom. The molecule has 9 heteroatoms. The minimum atomic E-state index is -4.49. The van der Waals surface area contributed by atoms with Crippen LogP contribution in [0, 0.1) is 0 Å². The highest BCUT2D eigenvalue weighted by atomic mass is 35.5. The number of nitrogens with zero attached hydrogens (tertiary/aromatic N) is 3. The lowest BCUT2D eigenvalue weighted by Crippen LogP contribution is -2.18. The van der Waals surface area contributed by atoms with Crippen molar-refractivity contribution < 1.29 is 18.0 Å². The van der Waals surface area contributed by atoms with Gasteiger partial charge >= 0.3 is 6.18 Å². The summed E-state index contributed by atoms with van der Waals surface area (Å²) in [6, 6.07) is 17.3. The zero-order valence-corrected chi connectivity index (χ0v) is 19.0. The van der Waals surface area contributed by atoms with Crippen molar-refractivity contribution in [2.45, 2.75) is 37.8 Å². The van der Waals surface area contributed by atoms with Crippen molar-refractivity contribution in [3.63, 3.8) is 0 Å². The van der Waals surface area contributed by atoms with Gasteiger partial charge in [0.05, 0.1) is 17.1 Å². The summed E-state index contributed by atoms with van der Waals surface area (Å²) in [4.78, 5) is 17.1. The molecular formula is C25H22ClF3N4O. The summed E-state index contributed by atoms with van der Waals surface area (Å²) < 4.78 is 40.8. The van der Waals surface area contributed by atoms with Crippen LogP contribution in [0.15, 0.2) is 66.9 Å². The van der Waals surface area contributed by atoms with Gasteiger partial charge in [0.1, 0.15) is 0 Å². The van der Waals surface area contributed by atoms with E-state index in [9.17, 15) is 18.0 Å². The number of pyridine rings is 1. The van der Waals surface area contributed by atoms with E-state index in [0.29, 0.717) is 17.1 Å². The summed E-state index contributed by atoms with van der Waals surface area (Å²) in [6.45, 7) is 1.82. The molecule has 0 aliphatic heterocycles. The smallest absolute Gasteiger partial charge is 0.326 e. The highest BCUT2D eigenvalue weighted by molar-refractivity contribution is 5.96. The molecule has 1 aliphatic carbocycles. The molecule has 34 heavy (non-hydrogen) atoms. The quantitative estimate of drug-likeness (QED) is 0.351. The normalized spacial score (nSPS) is 14.5. The first-order valence-corrected chi connectivity index (χ1v) is 10.7. The first-order chi connectivity index (χ1) is 15.8. The third-order valence-corrected chi connectivity index (χ3v) is 5.92. The van der Waals surface area contributed by atoms with E-state index in [-0.39, 0.29) is 24.2 Å². The number of aromatic nitrogens is 3. The lowest BCUT2D eigenvalue weighted by Gasteiger charge is -2.14. The molecule has 1 amide bonds. The van der Waals surface area contributed by atoms with E-state index in [1.54, 1.807) is 30.5 Å². The van der Waals surface area contributed by atoms with Crippen LogP contribution in [0.2, 0.25) is 0 Å². The Balaban J connectivity index is 0.00000274. The Bertz CT molecular complexity index is 1330. The second-order valence-corrected chi connectivity index (χ2v) is 8.35. The average Bonchev–Trinajstić information content (AvgIpc) is 3.55. The maximum absolute atomic E-state index is 13.2. The molecule has 2 heterocycles. The van der Waals surface area contributed by atoms with Crippen LogP contribution in [0.3, 0.4) is 0 Å². The van der Waals surface area contributed by atoms with Crippen molar-refractivity contribution in [2.75, 3.05) is 5.32 Å². The Morgan fingerprint density at radius 2 is 1.82 bits per heavy atom. The number of carbonyl (C=O) groups excluding carboxylic acids is 1. The van der Waals surface area contributed by atoms with Crippen molar-refractivity contribution in [3.8, 4) is 5.69 Å². The molecule has 2 aromatic heterocycles. The molecule has 1 unspecified atom stereocenters. The van der Waals surface area contributed by atoms with Crippen LogP contribution in [0.4, 0.5) is 18.9 Å². The fourth-order valence-electron chi connectivity index (χ4n) is 3.86. The molecule has 0 radical (unpaired) electrons. The molecular weight excluding hydrogens is 465 g/mol. The summed E-state index contributed by atoms with van der Waals surface area (Å²) in [7, 11) is 0. The van der Waals surface area contributed by atoms with E-state index in [4.69, 9.17) is 0 Å². The number of halogens is 4. The highest BCUT2D eigenvalue weighted by Gasteiger charge is 2.38. The fraction of sp³-hybridized carbons (Fsp3) is 0.240. The van der Waals surface area contributed by atoms with Gasteiger partial charge in [-0.15, -0.1) is 12.4 Å². The van der Waals surface area contributed by atoms with Gasteiger partial charge in [-0.3, -0.25) is 9.78 Å². The van der Waals surface area contributed by atoms with E-state index in [0.717, 1.165) is 35.4 Å². The Kier molecular flexibility index (Phi) is 6.36. The van der Waals surface area contributed by atoms with E-state index in [2.05, 4.69) is 15.4 Å². The van der Waals surface area contributed by atoms with Gasteiger partial charge < -0.3 is 5.32 Å². The third-order valence-electron chi connectivity index (χ3n) is 5.92. The molecule has 0 saturated heterocycles. The summed E-state index contributed by atoms with van der Waals surface area (Å²) in [5, 5.41) is 7.64. The summed E-state index contributed by atoms with van der Waals surface area (Å²) in [6.07, 6.45) is -1.04. The van der Waals surface area contributed by atoms with E-state index < -0.39 is 17.8 Å². The van der Waals surface area contributed by atoms with Crippen molar-refractivity contribution in [2.24, 2.45) is 0 Å². The number of fused-ring (bicyclic) bond motifs is 1. The molecule has 5 nitrogen and oxygen atoms in total. The molecule has 5 rings (SSSR count). The number of amides is 1. The maximum Gasteiger partial charge on any atom is 0.435 e. The standard InChI is InChI=1S/C25H21F3N4O.ClH/c1-15(17-6-11-21-18(13-17)3-2-12-29-21)24(33)30-19-7-9-20(10-8-19)32-22(16-4-5-16)14-23(31-32)25(26,27)28;/h2-3,6-16H,4-5H2,1H3,(H,30,33);1H. The Hall–Kier alpha value is -3.39. The number of alkyl halides is 3. The van der Waals surface area contributed by atoms with Crippen LogP contribution < -0.4 is 5.32 Å². The van der Waals surface area contributed by atoms with Crippen molar-refractivity contribution >= 4 is 34.9 Å². The van der Waals surface area contributed by atoms with Gasteiger partial charge in [-0.2, -0.15) is 18.3 Å². The van der Waals surface area contributed by atoms with Crippen LogP contribution in [0.25, 0.3) is 16.6 Å². The van der Waals surface area contributed by atoms with Gasteiger partial charge in [-0.25, -0.2) is 4.68 Å². The Morgan fingerprint density at radius 1 is 1.09 bits per heavy atom. The van der Waals surface area contributed by atoms with Crippen molar-refractivity contribution in [3.05, 3.63) is 83.8 Å². The number of benzene rings is 2. The van der Waals surface area contributed by atoms with Gasteiger partial charge in [0.25, 0.3) is 0 Å². The highest BCUT2D eigenvalue weighted by Crippen LogP contribution is 2.43. The van der Waals surface area contributed by atoms with E-state index in [1.165, 1.54) is 4.68 Å². The zero-order valence-electron chi connectivity index (χ0n) is 18.2. The first-order valence-electron chi connectivity index (χ1n) is 10.7. The molecule has 1 atom stereocenters. The third kappa shape index (κ3) is 4.77.